The molecule has 34 heavy (non-hydrogen) atoms. The number of para-hydroxylation sites is 1. The smallest absolute Gasteiger partial charge is 0.340 e. The minimum atomic E-state index is -3.78. The second kappa shape index (κ2) is 10.9. The average molecular weight is 497 g/mol. The fourth-order valence-corrected chi connectivity index (χ4v) is 5.39. The summed E-state index contributed by atoms with van der Waals surface area (Å²) in [7, 11) is -3.78. The lowest BCUT2D eigenvalue weighted by molar-refractivity contribution is 0.0550. The zero-order valence-corrected chi connectivity index (χ0v) is 20.1. The topological polar surface area (TPSA) is 66.9 Å². The summed E-state index contributed by atoms with van der Waals surface area (Å²) in [6.07, 6.45) is 3.55. The van der Waals surface area contributed by atoms with E-state index in [1.165, 1.54) is 22.5 Å². The highest BCUT2D eigenvalue weighted by atomic mass is 35.5. The number of ether oxygens (including phenoxy) is 1. The normalized spacial score (nSPS) is 14.9. The van der Waals surface area contributed by atoms with Crippen LogP contribution in [0.4, 0.5) is 5.69 Å². The van der Waals surface area contributed by atoms with E-state index in [1.54, 1.807) is 6.08 Å². The van der Waals surface area contributed by atoms with Crippen molar-refractivity contribution < 1.29 is 17.9 Å². The first kappa shape index (κ1) is 24.0. The van der Waals surface area contributed by atoms with Crippen molar-refractivity contribution in [2.24, 2.45) is 0 Å². The van der Waals surface area contributed by atoms with E-state index in [1.807, 2.05) is 66.7 Å². The Hall–Kier alpha value is -3.13. The summed E-state index contributed by atoms with van der Waals surface area (Å²) in [4.78, 5) is 14.8. The molecule has 1 saturated heterocycles. The number of carbonyl (C=O) groups is 1. The number of nitrogens with zero attached hydrogens (tertiary/aromatic N) is 2. The number of carbonyl (C=O) groups excluding carboxylic acids is 1. The van der Waals surface area contributed by atoms with Gasteiger partial charge in [-0.3, -0.25) is 0 Å². The molecule has 1 fully saturated rings. The van der Waals surface area contributed by atoms with Gasteiger partial charge in [-0.05, 0) is 42.0 Å². The molecule has 0 atom stereocenters. The summed E-state index contributed by atoms with van der Waals surface area (Å²) in [5.74, 6) is -0.673. The summed E-state index contributed by atoms with van der Waals surface area (Å²) in [5.41, 5.74) is 2.08. The monoisotopic (exact) mass is 496 g/mol. The Balaban J connectivity index is 1.41. The molecule has 0 saturated carbocycles. The van der Waals surface area contributed by atoms with Gasteiger partial charge in [0.25, 0.3) is 0 Å². The average Bonchev–Trinajstić information content (AvgIpc) is 2.88. The van der Waals surface area contributed by atoms with Crippen molar-refractivity contribution in [2.75, 3.05) is 37.7 Å². The Labute approximate surface area is 205 Å². The lowest BCUT2D eigenvalue weighted by Crippen LogP contribution is -2.48. The van der Waals surface area contributed by atoms with Gasteiger partial charge in [0.1, 0.15) is 6.61 Å². The van der Waals surface area contributed by atoms with E-state index in [-0.39, 0.29) is 22.1 Å². The predicted molar refractivity (Wildman–Crippen MR) is 135 cm³/mol. The molecular formula is C26H25ClN2O4S. The van der Waals surface area contributed by atoms with Crippen LogP contribution in [0, 0.1) is 0 Å². The summed E-state index contributed by atoms with van der Waals surface area (Å²) >= 11 is 6.19. The van der Waals surface area contributed by atoms with Crippen molar-refractivity contribution in [1.82, 2.24) is 4.31 Å². The summed E-state index contributed by atoms with van der Waals surface area (Å²) in [6.45, 7) is 1.91. The molecule has 1 heterocycles. The highest BCUT2D eigenvalue weighted by Crippen LogP contribution is 2.25. The van der Waals surface area contributed by atoms with Crippen molar-refractivity contribution in [3.63, 3.8) is 0 Å². The first-order valence-corrected chi connectivity index (χ1v) is 12.8. The van der Waals surface area contributed by atoms with Crippen LogP contribution in [0.1, 0.15) is 15.9 Å². The van der Waals surface area contributed by atoms with E-state index >= 15 is 0 Å². The first-order valence-electron chi connectivity index (χ1n) is 10.9. The highest BCUT2D eigenvalue weighted by molar-refractivity contribution is 7.89. The minimum Gasteiger partial charge on any atom is -0.458 e. The molecule has 1 aliphatic rings. The second-order valence-corrected chi connectivity index (χ2v) is 10.1. The van der Waals surface area contributed by atoms with Crippen LogP contribution in [0.15, 0.2) is 89.8 Å². The molecule has 0 aromatic heterocycles. The number of hydrogen-bond acceptors (Lipinski definition) is 5. The molecule has 1 aliphatic heterocycles. The Kier molecular flexibility index (Phi) is 7.67. The molecule has 0 amide bonds. The van der Waals surface area contributed by atoms with E-state index < -0.39 is 16.0 Å². The van der Waals surface area contributed by atoms with Crippen molar-refractivity contribution in [3.8, 4) is 0 Å². The third kappa shape index (κ3) is 5.67. The molecule has 3 aromatic rings. The summed E-state index contributed by atoms with van der Waals surface area (Å²) in [5, 5.41) is 0.143. The van der Waals surface area contributed by atoms with E-state index in [9.17, 15) is 13.2 Å². The Morgan fingerprint density at radius 1 is 0.912 bits per heavy atom. The van der Waals surface area contributed by atoms with E-state index in [2.05, 4.69) is 4.90 Å². The summed E-state index contributed by atoms with van der Waals surface area (Å²) in [6, 6.07) is 23.7. The molecule has 3 aromatic carbocycles. The standard InChI is InChI=1S/C26H25ClN2O4S/c27-25-14-13-23(20-24(25)26(30)33-19-7-10-21-8-3-1-4-9-21)34(31,32)29-17-15-28(16-18-29)22-11-5-2-6-12-22/h1-14,20H,15-19H2/b10-7+. The molecule has 4 rings (SSSR count). The van der Waals surface area contributed by atoms with Gasteiger partial charge in [0.2, 0.25) is 10.0 Å². The molecule has 0 aliphatic carbocycles. The fourth-order valence-electron chi connectivity index (χ4n) is 3.75. The number of hydrogen-bond donors (Lipinski definition) is 0. The van der Waals surface area contributed by atoms with Gasteiger partial charge in [0, 0.05) is 31.9 Å². The zero-order valence-electron chi connectivity index (χ0n) is 18.5. The van der Waals surface area contributed by atoms with Gasteiger partial charge in [-0.1, -0.05) is 66.2 Å². The molecule has 0 unspecified atom stereocenters. The van der Waals surface area contributed by atoms with Crippen molar-refractivity contribution in [1.29, 1.82) is 0 Å². The Morgan fingerprint density at radius 3 is 2.24 bits per heavy atom. The quantitative estimate of drug-likeness (QED) is 0.443. The molecule has 0 radical (unpaired) electrons. The molecule has 6 nitrogen and oxygen atoms in total. The Morgan fingerprint density at radius 2 is 1.56 bits per heavy atom. The molecule has 0 bridgehead atoms. The van der Waals surface area contributed by atoms with Gasteiger partial charge in [-0.15, -0.1) is 0 Å². The van der Waals surface area contributed by atoms with Crippen LogP contribution < -0.4 is 4.90 Å². The third-order valence-electron chi connectivity index (χ3n) is 5.58. The SMILES string of the molecule is O=C(OC/C=C/c1ccccc1)c1cc(S(=O)(=O)N2CCN(c3ccccc3)CC2)ccc1Cl. The van der Waals surface area contributed by atoms with E-state index in [0.717, 1.165) is 11.3 Å². The van der Waals surface area contributed by atoms with Crippen molar-refractivity contribution in [2.45, 2.75) is 4.90 Å². The molecule has 176 valence electrons. The fraction of sp³-hybridized carbons (Fsp3) is 0.192. The molecule has 0 spiro atoms. The van der Waals surface area contributed by atoms with E-state index in [4.69, 9.17) is 16.3 Å². The lowest BCUT2D eigenvalue weighted by Gasteiger charge is -2.35. The number of esters is 1. The van der Waals surface area contributed by atoms with E-state index in [0.29, 0.717) is 26.2 Å². The number of halogens is 1. The predicted octanol–water partition coefficient (Wildman–Crippen LogP) is 4.72. The first-order chi connectivity index (χ1) is 16.4. The largest absolute Gasteiger partial charge is 0.458 e. The number of anilines is 1. The van der Waals surface area contributed by atoms with Crippen LogP contribution in [0.2, 0.25) is 5.02 Å². The van der Waals surface area contributed by atoms with Gasteiger partial charge < -0.3 is 9.64 Å². The summed E-state index contributed by atoms with van der Waals surface area (Å²) < 4.78 is 33.2. The second-order valence-electron chi connectivity index (χ2n) is 7.78. The van der Waals surface area contributed by atoms with Gasteiger partial charge in [0.15, 0.2) is 0 Å². The third-order valence-corrected chi connectivity index (χ3v) is 7.80. The zero-order chi connectivity index (χ0) is 24.0. The lowest BCUT2D eigenvalue weighted by atomic mass is 10.2. The minimum absolute atomic E-state index is 0.0249. The number of sulfonamides is 1. The van der Waals surface area contributed by atoms with Crippen LogP contribution in [0.3, 0.4) is 0 Å². The number of benzene rings is 3. The molecule has 0 N–H and O–H groups in total. The van der Waals surface area contributed by atoms with Crippen molar-refractivity contribution >= 4 is 39.4 Å². The number of rotatable bonds is 7. The van der Waals surface area contributed by atoms with Gasteiger partial charge in [-0.2, -0.15) is 4.31 Å². The molecular weight excluding hydrogens is 472 g/mol. The maximum atomic E-state index is 13.2. The van der Waals surface area contributed by atoms with Gasteiger partial charge in [0.05, 0.1) is 15.5 Å². The van der Waals surface area contributed by atoms with Gasteiger partial charge in [-0.25, -0.2) is 13.2 Å². The Bertz CT molecular complexity index is 1260. The number of piperazine rings is 1. The van der Waals surface area contributed by atoms with Crippen LogP contribution in [-0.4, -0.2) is 51.5 Å². The van der Waals surface area contributed by atoms with Crippen LogP contribution in [0.25, 0.3) is 6.08 Å². The van der Waals surface area contributed by atoms with Crippen LogP contribution in [-0.2, 0) is 14.8 Å². The van der Waals surface area contributed by atoms with Crippen molar-refractivity contribution in [3.05, 3.63) is 101 Å². The molecule has 8 heteroatoms. The highest BCUT2D eigenvalue weighted by Gasteiger charge is 2.29. The van der Waals surface area contributed by atoms with Crippen LogP contribution in [0.5, 0.6) is 0 Å². The van der Waals surface area contributed by atoms with Gasteiger partial charge >= 0.3 is 5.97 Å². The maximum Gasteiger partial charge on any atom is 0.340 e. The van der Waals surface area contributed by atoms with Crippen LogP contribution >= 0.6 is 11.6 Å². The maximum absolute atomic E-state index is 13.2.